The topological polar surface area (TPSA) is 49.7 Å². The van der Waals surface area contributed by atoms with Crippen molar-refractivity contribution in [3.8, 4) is 5.75 Å². The van der Waals surface area contributed by atoms with E-state index in [0.29, 0.717) is 12.4 Å². The molecule has 90 valence electrons. The van der Waals surface area contributed by atoms with Crippen molar-refractivity contribution < 1.29 is 14.9 Å². The summed E-state index contributed by atoms with van der Waals surface area (Å²) in [5, 5.41) is 18.5. The molecule has 0 aliphatic heterocycles. The Morgan fingerprint density at radius 2 is 2.00 bits per heavy atom. The number of aryl methyl sites for hydroxylation is 1. The van der Waals surface area contributed by atoms with Crippen LogP contribution >= 0.6 is 0 Å². The Morgan fingerprint density at radius 1 is 1.31 bits per heavy atom. The minimum atomic E-state index is -0.542. The summed E-state index contributed by atoms with van der Waals surface area (Å²) in [7, 11) is 0. The summed E-state index contributed by atoms with van der Waals surface area (Å²) in [6.07, 6.45) is -0.542. The third kappa shape index (κ3) is 3.51. The van der Waals surface area contributed by atoms with E-state index in [9.17, 15) is 5.11 Å². The molecule has 16 heavy (non-hydrogen) atoms. The second kappa shape index (κ2) is 5.87. The Labute approximate surface area is 96.7 Å². The summed E-state index contributed by atoms with van der Waals surface area (Å²) in [5.41, 5.74) is 1.89. The maximum absolute atomic E-state index is 9.62. The van der Waals surface area contributed by atoms with Crippen LogP contribution in [-0.2, 0) is 0 Å². The predicted molar refractivity (Wildman–Crippen MR) is 63.6 cm³/mol. The highest BCUT2D eigenvalue weighted by atomic mass is 16.5. The van der Waals surface area contributed by atoms with Crippen LogP contribution in [-0.4, -0.2) is 23.4 Å². The number of aliphatic hydroxyl groups excluding tert-OH is 2. The Morgan fingerprint density at radius 3 is 2.56 bits per heavy atom. The van der Waals surface area contributed by atoms with Gasteiger partial charge in [0.1, 0.15) is 5.75 Å². The molecular weight excluding hydrogens is 204 g/mol. The van der Waals surface area contributed by atoms with Gasteiger partial charge in [-0.1, -0.05) is 18.6 Å². The van der Waals surface area contributed by atoms with Gasteiger partial charge in [0.25, 0.3) is 0 Å². The number of benzene rings is 1. The Bertz CT molecular complexity index is 334. The van der Waals surface area contributed by atoms with Gasteiger partial charge in [0, 0.05) is 18.1 Å². The predicted octanol–water partition coefficient (Wildman–Crippen LogP) is 2.06. The molecule has 3 nitrogen and oxygen atoms in total. The first kappa shape index (κ1) is 13.0. The molecule has 1 rings (SSSR count). The summed E-state index contributed by atoms with van der Waals surface area (Å²) < 4.78 is 5.59. The van der Waals surface area contributed by atoms with E-state index in [1.165, 1.54) is 0 Å². The highest BCUT2D eigenvalue weighted by Crippen LogP contribution is 2.26. The van der Waals surface area contributed by atoms with Gasteiger partial charge in [-0.15, -0.1) is 0 Å². The molecule has 0 heterocycles. The van der Waals surface area contributed by atoms with E-state index < -0.39 is 6.10 Å². The molecule has 0 amide bonds. The van der Waals surface area contributed by atoms with Crippen LogP contribution in [0, 0.1) is 12.8 Å². The lowest BCUT2D eigenvalue weighted by atomic mass is 10.1. The van der Waals surface area contributed by atoms with Gasteiger partial charge in [-0.3, -0.25) is 0 Å². The minimum Gasteiger partial charge on any atom is -0.493 e. The first-order chi connectivity index (χ1) is 7.54. The van der Waals surface area contributed by atoms with Gasteiger partial charge in [0.2, 0.25) is 0 Å². The van der Waals surface area contributed by atoms with Crippen LogP contribution in [0.15, 0.2) is 18.2 Å². The van der Waals surface area contributed by atoms with Crippen LogP contribution < -0.4 is 4.74 Å². The van der Waals surface area contributed by atoms with E-state index in [-0.39, 0.29) is 12.5 Å². The number of hydrogen-bond acceptors (Lipinski definition) is 3. The van der Waals surface area contributed by atoms with Crippen LogP contribution in [0.5, 0.6) is 5.75 Å². The number of ether oxygens (including phenoxy) is 1. The molecule has 0 saturated heterocycles. The summed E-state index contributed by atoms with van der Waals surface area (Å²) in [6.45, 7) is 6.18. The van der Waals surface area contributed by atoms with Crippen molar-refractivity contribution in [1.82, 2.24) is 0 Å². The molecule has 2 N–H and O–H groups in total. The van der Waals surface area contributed by atoms with Crippen LogP contribution in [0.2, 0.25) is 0 Å². The molecule has 0 bridgehead atoms. The van der Waals surface area contributed by atoms with Crippen molar-refractivity contribution in [2.45, 2.75) is 26.9 Å². The molecule has 0 saturated carbocycles. The lowest BCUT2D eigenvalue weighted by Gasteiger charge is -2.16. The zero-order chi connectivity index (χ0) is 12.1. The van der Waals surface area contributed by atoms with Crippen LogP contribution in [0.4, 0.5) is 0 Å². The fourth-order valence-corrected chi connectivity index (χ4v) is 1.41. The third-order valence-electron chi connectivity index (χ3n) is 2.45. The zero-order valence-corrected chi connectivity index (χ0v) is 10.1. The molecule has 0 aromatic heterocycles. The zero-order valence-electron chi connectivity index (χ0n) is 10.1. The van der Waals surface area contributed by atoms with Gasteiger partial charge in [0.15, 0.2) is 0 Å². The summed E-state index contributed by atoms with van der Waals surface area (Å²) in [5.74, 6) is 0.795. The van der Waals surface area contributed by atoms with Crippen molar-refractivity contribution in [3.05, 3.63) is 29.3 Å². The summed E-state index contributed by atoms with van der Waals surface area (Å²) >= 11 is 0. The smallest absolute Gasteiger partial charge is 0.125 e. The van der Waals surface area contributed by atoms with Crippen LogP contribution in [0.25, 0.3) is 0 Å². The minimum absolute atomic E-state index is 0.100. The number of hydrogen-bond donors (Lipinski definition) is 2. The van der Waals surface area contributed by atoms with E-state index >= 15 is 0 Å². The average Bonchev–Trinajstić information content (AvgIpc) is 2.26. The maximum Gasteiger partial charge on any atom is 0.125 e. The summed E-state index contributed by atoms with van der Waals surface area (Å²) in [6, 6.07) is 5.73. The average molecular weight is 224 g/mol. The van der Waals surface area contributed by atoms with Gasteiger partial charge >= 0.3 is 0 Å². The maximum atomic E-state index is 9.62. The second-order valence-corrected chi connectivity index (χ2v) is 4.32. The molecule has 1 aromatic rings. The molecular formula is C13H20O3. The largest absolute Gasteiger partial charge is 0.493 e. The van der Waals surface area contributed by atoms with Gasteiger partial charge in [-0.2, -0.15) is 0 Å². The van der Waals surface area contributed by atoms with Crippen molar-refractivity contribution in [1.29, 1.82) is 0 Å². The molecule has 2 atom stereocenters. The van der Waals surface area contributed by atoms with Gasteiger partial charge in [-0.05, 0) is 26.0 Å². The Balaban J connectivity index is 2.78. The van der Waals surface area contributed by atoms with E-state index in [1.807, 2.05) is 32.0 Å². The number of rotatable bonds is 5. The normalized spacial score (nSPS) is 14.6. The fourth-order valence-electron chi connectivity index (χ4n) is 1.41. The van der Waals surface area contributed by atoms with E-state index in [1.54, 1.807) is 6.92 Å². The van der Waals surface area contributed by atoms with Gasteiger partial charge < -0.3 is 14.9 Å². The molecule has 0 aliphatic rings. The molecule has 0 aliphatic carbocycles. The first-order valence-electron chi connectivity index (χ1n) is 5.57. The van der Waals surface area contributed by atoms with Crippen molar-refractivity contribution in [2.75, 3.05) is 13.2 Å². The molecule has 1 unspecified atom stereocenters. The lowest BCUT2D eigenvalue weighted by Crippen LogP contribution is -2.13. The quantitative estimate of drug-likeness (QED) is 0.804. The van der Waals surface area contributed by atoms with Crippen LogP contribution in [0.1, 0.15) is 31.1 Å². The Hall–Kier alpha value is -1.06. The monoisotopic (exact) mass is 224 g/mol. The first-order valence-corrected chi connectivity index (χ1v) is 5.57. The van der Waals surface area contributed by atoms with Gasteiger partial charge in [0.05, 0.1) is 12.7 Å². The molecule has 3 heteroatoms. The highest BCUT2D eigenvalue weighted by molar-refractivity contribution is 5.38. The van der Waals surface area contributed by atoms with Crippen molar-refractivity contribution in [3.63, 3.8) is 0 Å². The number of aliphatic hydroxyl groups is 2. The van der Waals surface area contributed by atoms with Crippen molar-refractivity contribution >= 4 is 0 Å². The summed E-state index contributed by atoms with van der Waals surface area (Å²) in [4.78, 5) is 0. The van der Waals surface area contributed by atoms with Crippen LogP contribution in [0.3, 0.4) is 0 Å². The molecule has 0 spiro atoms. The molecule has 0 fully saturated rings. The Kier molecular flexibility index (Phi) is 4.77. The lowest BCUT2D eigenvalue weighted by molar-refractivity contribution is 0.163. The van der Waals surface area contributed by atoms with E-state index in [4.69, 9.17) is 9.84 Å². The molecule has 1 aromatic carbocycles. The standard InChI is InChI=1S/C13H20O3/c1-9-4-5-13(12(6-9)11(3)15)16-8-10(2)7-14/h4-6,10-11,14-15H,7-8H2,1-3H3/t10?,11-/m0/s1. The second-order valence-electron chi connectivity index (χ2n) is 4.32. The molecule has 0 radical (unpaired) electrons. The van der Waals surface area contributed by atoms with Gasteiger partial charge in [-0.25, -0.2) is 0 Å². The van der Waals surface area contributed by atoms with E-state index in [0.717, 1.165) is 11.1 Å². The highest BCUT2D eigenvalue weighted by Gasteiger charge is 2.10. The fraction of sp³-hybridized carbons (Fsp3) is 0.538. The van der Waals surface area contributed by atoms with E-state index in [2.05, 4.69) is 0 Å². The van der Waals surface area contributed by atoms with Crippen molar-refractivity contribution in [2.24, 2.45) is 5.92 Å². The third-order valence-corrected chi connectivity index (χ3v) is 2.45. The SMILES string of the molecule is Cc1ccc(OCC(C)CO)c([C@H](C)O)c1.